The molecule has 6 nitrogen and oxygen atoms in total. The van der Waals surface area contributed by atoms with Crippen molar-refractivity contribution in [2.75, 3.05) is 39.4 Å². The van der Waals surface area contributed by atoms with Crippen LogP contribution in [0.4, 0.5) is 0 Å². The maximum Gasteiger partial charge on any atom is 0.290 e. The molecule has 2 aliphatic heterocycles. The zero-order valence-electron chi connectivity index (χ0n) is 19.5. The molecule has 0 unspecified atom stereocenters. The first-order valence-corrected chi connectivity index (χ1v) is 11.7. The monoisotopic (exact) mass is 446 g/mol. The fourth-order valence-electron chi connectivity index (χ4n) is 4.89. The van der Waals surface area contributed by atoms with E-state index in [9.17, 15) is 9.59 Å². The molecule has 1 saturated heterocycles. The van der Waals surface area contributed by atoms with E-state index in [4.69, 9.17) is 9.15 Å². The molecule has 2 aromatic carbocycles. The average molecular weight is 447 g/mol. The van der Waals surface area contributed by atoms with Crippen LogP contribution in [0.5, 0.6) is 0 Å². The van der Waals surface area contributed by atoms with Gasteiger partial charge in [-0.2, -0.15) is 0 Å². The molecule has 172 valence electrons. The number of morpholine rings is 1. The number of fused-ring (bicyclic) bond motifs is 2. The van der Waals surface area contributed by atoms with Crippen LogP contribution in [0.3, 0.4) is 0 Å². The molecular weight excluding hydrogens is 416 g/mol. The first-order chi connectivity index (χ1) is 15.9. The van der Waals surface area contributed by atoms with E-state index >= 15 is 0 Å². The third-order valence-corrected chi connectivity index (χ3v) is 6.95. The van der Waals surface area contributed by atoms with Crippen LogP contribution in [-0.4, -0.2) is 55.1 Å². The van der Waals surface area contributed by atoms with Gasteiger partial charge in [0, 0.05) is 26.2 Å². The number of ether oxygens (including phenoxy) is 1. The smallest absolute Gasteiger partial charge is 0.290 e. The van der Waals surface area contributed by atoms with Crippen molar-refractivity contribution in [3.05, 3.63) is 80.2 Å². The average Bonchev–Trinajstić information content (AvgIpc) is 3.09. The van der Waals surface area contributed by atoms with Crippen LogP contribution in [0.1, 0.15) is 50.8 Å². The van der Waals surface area contributed by atoms with Crippen molar-refractivity contribution in [3.8, 4) is 0 Å². The highest BCUT2D eigenvalue weighted by Crippen LogP contribution is 2.38. The molecule has 0 aliphatic carbocycles. The summed E-state index contributed by atoms with van der Waals surface area (Å²) < 4.78 is 11.6. The Morgan fingerprint density at radius 3 is 2.36 bits per heavy atom. The van der Waals surface area contributed by atoms with Gasteiger partial charge >= 0.3 is 0 Å². The number of carbonyl (C=O) groups excluding carboxylic acids is 1. The molecule has 1 amide bonds. The Morgan fingerprint density at radius 1 is 0.939 bits per heavy atom. The minimum absolute atomic E-state index is 0.107. The summed E-state index contributed by atoms with van der Waals surface area (Å²) in [5, 5.41) is 0.539. The minimum atomic E-state index is -0.431. The van der Waals surface area contributed by atoms with Crippen LogP contribution in [0.25, 0.3) is 11.0 Å². The molecule has 1 aromatic heterocycles. The van der Waals surface area contributed by atoms with Crippen molar-refractivity contribution < 1.29 is 13.9 Å². The Morgan fingerprint density at radius 2 is 1.64 bits per heavy atom. The van der Waals surface area contributed by atoms with Gasteiger partial charge < -0.3 is 14.1 Å². The summed E-state index contributed by atoms with van der Waals surface area (Å²) in [4.78, 5) is 31.4. The SMILES string of the molecule is Cc1ccc([C@H]2c3c(oc4cc(C)c(C)cc4c3=O)C(=O)N2CCCN2CCOCC2)cc1. The van der Waals surface area contributed by atoms with Crippen molar-refractivity contribution in [1.82, 2.24) is 9.80 Å². The fourth-order valence-corrected chi connectivity index (χ4v) is 4.89. The molecule has 1 fully saturated rings. The summed E-state index contributed by atoms with van der Waals surface area (Å²) in [7, 11) is 0. The van der Waals surface area contributed by atoms with Crippen LogP contribution in [0, 0.1) is 20.8 Å². The van der Waals surface area contributed by atoms with Crippen molar-refractivity contribution in [3.63, 3.8) is 0 Å². The van der Waals surface area contributed by atoms with E-state index in [2.05, 4.69) is 4.90 Å². The van der Waals surface area contributed by atoms with E-state index in [0.717, 1.165) is 61.5 Å². The van der Waals surface area contributed by atoms with Crippen LogP contribution in [-0.2, 0) is 4.74 Å². The van der Waals surface area contributed by atoms with Crippen LogP contribution >= 0.6 is 0 Å². The fraction of sp³-hybridized carbons (Fsp3) is 0.407. The number of carbonyl (C=O) groups is 1. The number of benzene rings is 2. The highest BCUT2D eigenvalue weighted by Gasteiger charge is 2.42. The Bertz CT molecular complexity index is 1260. The van der Waals surface area contributed by atoms with Gasteiger partial charge in [-0.3, -0.25) is 14.5 Å². The molecule has 0 spiro atoms. The summed E-state index contributed by atoms with van der Waals surface area (Å²) in [5.41, 5.74) is 4.98. The molecule has 5 rings (SSSR count). The normalized spacial score (nSPS) is 18.8. The van der Waals surface area contributed by atoms with Crippen LogP contribution in [0.15, 0.2) is 45.6 Å². The van der Waals surface area contributed by atoms with Gasteiger partial charge in [0.1, 0.15) is 5.58 Å². The lowest BCUT2D eigenvalue weighted by Crippen LogP contribution is -2.38. The maximum absolute atomic E-state index is 13.7. The molecule has 6 heteroatoms. The van der Waals surface area contributed by atoms with Gasteiger partial charge in [-0.05, 0) is 56.0 Å². The number of rotatable bonds is 5. The first kappa shape index (κ1) is 21.9. The minimum Gasteiger partial charge on any atom is -0.450 e. The van der Waals surface area contributed by atoms with Crippen molar-refractivity contribution in [1.29, 1.82) is 0 Å². The van der Waals surface area contributed by atoms with Gasteiger partial charge in [0.15, 0.2) is 5.43 Å². The lowest BCUT2D eigenvalue weighted by atomic mass is 9.97. The number of hydrogen-bond donors (Lipinski definition) is 0. The second-order valence-corrected chi connectivity index (χ2v) is 9.23. The second-order valence-electron chi connectivity index (χ2n) is 9.23. The molecule has 3 aromatic rings. The lowest BCUT2D eigenvalue weighted by molar-refractivity contribution is 0.0353. The quantitative estimate of drug-likeness (QED) is 0.593. The van der Waals surface area contributed by atoms with Gasteiger partial charge in [0.05, 0.1) is 30.2 Å². The van der Waals surface area contributed by atoms with Gasteiger partial charge in [0.25, 0.3) is 5.91 Å². The van der Waals surface area contributed by atoms with Gasteiger partial charge in [0.2, 0.25) is 5.76 Å². The van der Waals surface area contributed by atoms with Crippen molar-refractivity contribution in [2.24, 2.45) is 0 Å². The lowest BCUT2D eigenvalue weighted by Gasteiger charge is -2.29. The largest absolute Gasteiger partial charge is 0.450 e. The standard InChI is InChI=1S/C27H30N2O4/c1-17-5-7-20(8-6-17)24-23-25(30)21-15-18(2)19(3)16-22(21)33-26(23)27(31)29(24)10-4-9-28-11-13-32-14-12-28/h5-8,15-16,24H,4,9-14H2,1-3H3/t24-/m0/s1. The number of hydrogen-bond acceptors (Lipinski definition) is 5. The van der Waals surface area contributed by atoms with Crippen LogP contribution < -0.4 is 5.43 Å². The van der Waals surface area contributed by atoms with Gasteiger partial charge in [-0.15, -0.1) is 0 Å². The van der Waals surface area contributed by atoms with E-state index < -0.39 is 6.04 Å². The summed E-state index contributed by atoms with van der Waals surface area (Å²) in [5.74, 6) is -0.0116. The Labute approximate surface area is 193 Å². The predicted octanol–water partition coefficient (Wildman–Crippen LogP) is 3.99. The topological polar surface area (TPSA) is 63.0 Å². The van der Waals surface area contributed by atoms with E-state index in [1.807, 2.05) is 62.1 Å². The van der Waals surface area contributed by atoms with Gasteiger partial charge in [-0.1, -0.05) is 29.8 Å². The molecule has 0 N–H and O–H groups in total. The third-order valence-electron chi connectivity index (χ3n) is 6.95. The summed E-state index contributed by atoms with van der Waals surface area (Å²) in [6.07, 6.45) is 0.827. The number of nitrogens with zero attached hydrogens (tertiary/aromatic N) is 2. The highest BCUT2D eigenvalue weighted by molar-refractivity contribution is 5.99. The maximum atomic E-state index is 13.7. The molecule has 33 heavy (non-hydrogen) atoms. The zero-order chi connectivity index (χ0) is 23.1. The molecule has 2 aliphatic rings. The van der Waals surface area contributed by atoms with Gasteiger partial charge in [-0.25, -0.2) is 0 Å². The third kappa shape index (κ3) is 3.98. The second kappa shape index (κ2) is 8.76. The van der Waals surface area contributed by atoms with E-state index in [1.54, 1.807) is 0 Å². The summed E-state index contributed by atoms with van der Waals surface area (Å²) in [6, 6.07) is 11.4. The Kier molecular flexibility index (Phi) is 5.81. The predicted molar refractivity (Wildman–Crippen MR) is 128 cm³/mol. The summed E-state index contributed by atoms with van der Waals surface area (Å²) in [6.45, 7) is 10.8. The molecule has 0 radical (unpaired) electrons. The van der Waals surface area contributed by atoms with E-state index in [1.165, 1.54) is 0 Å². The molecular formula is C27H30N2O4. The van der Waals surface area contributed by atoms with Crippen molar-refractivity contribution >= 4 is 16.9 Å². The first-order valence-electron chi connectivity index (χ1n) is 11.7. The van der Waals surface area contributed by atoms with Crippen molar-refractivity contribution in [2.45, 2.75) is 33.2 Å². The zero-order valence-corrected chi connectivity index (χ0v) is 19.5. The number of amides is 1. The van der Waals surface area contributed by atoms with E-state index in [-0.39, 0.29) is 17.1 Å². The number of aryl methyl sites for hydroxylation is 3. The van der Waals surface area contributed by atoms with E-state index in [0.29, 0.717) is 23.1 Å². The summed E-state index contributed by atoms with van der Waals surface area (Å²) >= 11 is 0. The Balaban J connectivity index is 1.55. The molecule has 1 atom stereocenters. The molecule has 0 saturated carbocycles. The highest BCUT2D eigenvalue weighted by atomic mass is 16.5. The molecule has 3 heterocycles. The molecule has 0 bridgehead atoms. The van der Waals surface area contributed by atoms with Crippen LogP contribution in [0.2, 0.25) is 0 Å². The Hall–Kier alpha value is -2.96.